The maximum atomic E-state index is 10.8. The van der Waals surface area contributed by atoms with Gasteiger partial charge < -0.3 is 11.5 Å². The minimum Gasteiger partial charge on any atom is -0.370 e. The predicted octanol–water partition coefficient (Wildman–Crippen LogP) is 2.72. The molecule has 3 nitrogen and oxygen atoms in total. The van der Waals surface area contributed by atoms with Gasteiger partial charge in [-0.2, -0.15) is 0 Å². The molecule has 2 unspecified atom stereocenters. The number of nitrogens with two attached hydrogens (primary N) is 2. The average molecular weight is 305 g/mol. The third-order valence-corrected chi connectivity index (χ3v) is 4.72. The highest BCUT2D eigenvalue weighted by Crippen LogP contribution is 2.33. The lowest BCUT2D eigenvalue weighted by Gasteiger charge is -2.14. The second-order valence-corrected chi connectivity index (χ2v) is 6.62. The Balaban J connectivity index is 2.58. The molecule has 0 aliphatic rings. The standard InChI is InChI=1S/C11H17BrN2OS/c1-6(4-10(14)15)3-8(13)9-5-7(2)11(12)16-9/h5-6,8H,3-4,13H2,1-2H3,(H2,14,15). The van der Waals surface area contributed by atoms with Crippen LogP contribution in [-0.4, -0.2) is 5.91 Å². The molecule has 1 rings (SSSR count). The molecule has 0 aliphatic heterocycles. The number of hydrogen-bond acceptors (Lipinski definition) is 3. The van der Waals surface area contributed by atoms with Crippen LogP contribution in [0.15, 0.2) is 9.85 Å². The van der Waals surface area contributed by atoms with E-state index < -0.39 is 0 Å². The van der Waals surface area contributed by atoms with E-state index in [4.69, 9.17) is 11.5 Å². The summed E-state index contributed by atoms with van der Waals surface area (Å²) in [7, 11) is 0. The van der Waals surface area contributed by atoms with Gasteiger partial charge in [0.1, 0.15) is 0 Å². The Kier molecular flexibility index (Phi) is 4.95. The van der Waals surface area contributed by atoms with E-state index in [9.17, 15) is 4.79 Å². The molecule has 0 radical (unpaired) electrons. The average Bonchev–Trinajstić information content (AvgIpc) is 2.45. The number of rotatable bonds is 5. The topological polar surface area (TPSA) is 69.1 Å². The zero-order chi connectivity index (χ0) is 12.3. The minimum atomic E-state index is -0.261. The first kappa shape index (κ1) is 13.7. The van der Waals surface area contributed by atoms with Crippen molar-refractivity contribution in [1.82, 2.24) is 0 Å². The number of thiophene rings is 1. The lowest BCUT2D eigenvalue weighted by Crippen LogP contribution is -2.19. The number of carbonyl (C=O) groups excluding carboxylic acids is 1. The van der Waals surface area contributed by atoms with Gasteiger partial charge in [-0.15, -0.1) is 11.3 Å². The Hall–Kier alpha value is -0.390. The molecule has 4 N–H and O–H groups in total. The summed E-state index contributed by atoms with van der Waals surface area (Å²) in [6.07, 6.45) is 1.19. The molecule has 0 aromatic carbocycles. The van der Waals surface area contributed by atoms with Crippen molar-refractivity contribution in [2.45, 2.75) is 32.7 Å². The highest BCUT2D eigenvalue weighted by molar-refractivity contribution is 9.11. The number of aryl methyl sites for hydroxylation is 1. The van der Waals surface area contributed by atoms with Gasteiger partial charge in [-0.05, 0) is 46.8 Å². The Bertz CT molecular complexity index is 359. The van der Waals surface area contributed by atoms with Crippen molar-refractivity contribution in [3.8, 4) is 0 Å². The Morgan fingerprint density at radius 1 is 1.62 bits per heavy atom. The maximum absolute atomic E-state index is 10.8. The second-order valence-electron chi connectivity index (χ2n) is 4.22. The van der Waals surface area contributed by atoms with Gasteiger partial charge in [0.2, 0.25) is 5.91 Å². The third-order valence-electron chi connectivity index (χ3n) is 2.45. The van der Waals surface area contributed by atoms with Crippen LogP contribution in [0, 0.1) is 12.8 Å². The van der Waals surface area contributed by atoms with Crippen LogP contribution in [-0.2, 0) is 4.79 Å². The first-order chi connectivity index (χ1) is 7.40. The highest BCUT2D eigenvalue weighted by Gasteiger charge is 2.15. The predicted molar refractivity (Wildman–Crippen MR) is 71.3 cm³/mol. The quantitative estimate of drug-likeness (QED) is 0.878. The molecule has 0 aliphatic carbocycles. The number of hydrogen-bond donors (Lipinski definition) is 2. The second kappa shape index (κ2) is 5.80. The van der Waals surface area contributed by atoms with E-state index in [2.05, 4.69) is 22.0 Å². The summed E-state index contributed by atoms with van der Waals surface area (Å²) in [4.78, 5) is 11.9. The Labute approximate surface area is 108 Å². The van der Waals surface area contributed by atoms with Crippen molar-refractivity contribution in [2.75, 3.05) is 0 Å². The number of amides is 1. The molecule has 0 saturated heterocycles. The fraction of sp³-hybridized carbons (Fsp3) is 0.545. The van der Waals surface area contributed by atoms with Crippen LogP contribution in [0.25, 0.3) is 0 Å². The monoisotopic (exact) mass is 304 g/mol. The van der Waals surface area contributed by atoms with E-state index in [0.717, 1.165) is 15.1 Å². The molecule has 90 valence electrons. The lowest BCUT2D eigenvalue weighted by molar-refractivity contribution is -0.118. The van der Waals surface area contributed by atoms with Crippen LogP contribution in [0.5, 0.6) is 0 Å². The summed E-state index contributed by atoms with van der Waals surface area (Å²) in [6.45, 7) is 4.05. The summed E-state index contributed by atoms with van der Waals surface area (Å²) in [5, 5.41) is 0. The molecule has 1 heterocycles. The summed E-state index contributed by atoms with van der Waals surface area (Å²) in [5.41, 5.74) is 12.4. The van der Waals surface area contributed by atoms with Crippen LogP contribution in [0.4, 0.5) is 0 Å². The Morgan fingerprint density at radius 3 is 2.69 bits per heavy atom. The van der Waals surface area contributed by atoms with Crippen LogP contribution in [0.2, 0.25) is 0 Å². The van der Waals surface area contributed by atoms with Crippen LogP contribution in [0.1, 0.15) is 36.2 Å². The van der Waals surface area contributed by atoms with E-state index in [0.29, 0.717) is 6.42 Å². The van der Waals surface area contributed by atoms with Gasteiger partial charge in [0.15, 0.2) is 0 Å². The number of carbonyl (C=O) groups is 1. The largest absolute Gasteiger partial charge is 0.370 e. The molecule has 5 heteroatoms. The van der Waals surface area contributed by atoms with Crippen molar-refractivity contribution >= 4 is 33.2 Å². The van der Waals surface area contributed by atoms with Crippen molar-refractivity contribution in [2.24, 2.45) is 17.4 Å². The summed E-state index contributed by atoms with van der Waals surface area (Å²) in [6, 6.07) is 2.08. The molecule has 1 amide bonds. The summed E-state index contributed by atoms with van der Waals surface area (Å²) < 4.78 is 1.13. The normalized spacial score (nSPS) is 14.8. The van der Waals surface area contributed by atoms with E-state index in [1.807, 2.05) is 13.8 Å². The van der Waals surface area contributed by atoms with Gasteiger partial charge >= 0.3 is 0 Å². The van der Waals surface area contributed by atoms with Gasteiger partial charge in [-0.25, -0.2) is 0 Å². The molecule has 16 heavy (non-hydrogen) atoms. The zero-order valence-corrected chi connectivity index (χ0v) is 11.9. The van der Waals surface area contributed by atoms with E-state index in [1.165, 1.54) is 5.56 Å². The first-order valence-corrected chi connectivity index (χ1v) is 6.80. The lowest BCUT2D eigenvalue weighted by atomic mass is 9.98. The molecular weight excluding hydrogens is 288 g/mol. The minimum absolute atomic E-state index is 0.00986. The van der Waals surface area contributed by atoms with Gasteiger partial charge in [-0.3, -0.25) is 4.79 Å². The number of halogens is 1. The molecule has 0 spiro atoms. The number of primary amides is 1. The third kappa shape index (κ3) is 3.88. The van der Waals surface area contributed by atoms with Gasteiger partial charge in [0.05, 0.1) is 3.79 Å². The Morgan fingerprint density at radius 2 is 2.25 bits per heavy atom. The molecule has 0 saturated carbocycles. The van der Waals surface area contributed by atoms with Crippen LogP contribution in [0.3, 0.4) is 0 Å². The van der Waals surface area contributed by atoms with Gasteiger partial charge in [0, 0.05) is 17.3 Å². The molecular formula is C11H17BrN2OS. The van der Waals surface area contributed by atoms with Crippen molar-refractivity contribution in [3.63, 3.8) is 0 Å². The van der Waals surface area contributed by atoms with Crippen molar-refractivity contribution < 1.29 is 4.79 Å². The van der Waals surface area contributed by atoms with Gasteiger partial charge in [-0.1, -0.05) is 6.92 Å². The van der Waals surface area contributed by atoms with Crippen LogP contribution < -0.4 is 11.5 Å². The zero-order valence-electron chi connectivity index (χ0n) is 9.50. The fourth-order valence-corrected chi connectivity index (χ4v) is 3.23. The van der Waals surface area contributed by atoms with Gasteiger partial charge in [0.25, 0.3) is 0 Å². The smallest absolute Gasteiger partial charge is 0.217 e. The molecule has 0 fully saturated rings. The summed E-state index contributed by atoms with van der Waals surface area (Å²) in [5.74, 6) is -0.0306. The molecule has 1 aromatic rings. The first-order valence-electron chi connectivity index (χ1n) is 5.20. The fourth-order valence-electron chi connectivity index (χ4n) is 1.64. The van der Waals surface area contributed by atoms with Crippen molar-refractivity contribution in [1.29, 1.82) is 0 Å². The maximum Gasteiger partial charge on any atom is 0.217 e. The summed E-state index contributed by atoms with van der Waals surface area (Å²) >= 11 is 5.14. The van der Waals surface area contributed by atoms with Crippen molar-refractivity contribution in [3.05, 3.63) is 20.3 Å². The highest BCUT2D eigenvalue weighted by atomic mass is 79.9. The molecule has 0 bridgehead atoms. The molecule has 2 atom stereocenters. The SMILES string of the molecule is Cc1cc(C(N)CC(C)CC(N)=O)sc1Br. The van der Waals surface area contributed by atoms with Crippen LogP contribution >= 0.6 is 27.3 Å². The van der Waals surface area contributed by atoms with E-state index in [-0.39, 0.29) is 17.9 Å². The van der Waals surface area contributed by atoms with E-state index >= 15 is 0 Å². The van der Waals surface area contributed by atoms with E-state index in [1.54, 1.807) is 11.3 Å². The molecule has 1 aromatic heterocycles.